The Bertz CT molecular complexity index is 655. The maximum atomic E-state index is 12.5. The van der Waals surface area contributed by atoms with Crippen molar-refractivity contribution in [2.24, 2.45) is 5.73 Å². The first kappa shape index (κ1) is 18.3. The Morgan fingerprint density at radius 3 is 1.62 bits per heavy atom. The fraction of sp³-hybridized carbons (Fsp3) is 0.294. The van der Waals surface area contributed by atoms with Crippen molar-refractivity contribution in [3.63, 3.8) is 0 Å². The van der Waals surface area contributed by atoms with Crippen molar-refractivity contribution >= 4 is 0 Å². The number of nitrogens with two attached hydrogens (primary N) is 1. The van der Waals surface area contributed by atoms with Gasteiger partial charge in [0.2, 0.25) is 0 Å². The Balaban J connectivity index is 2.09. The molecule has 0 spiro atoms. The van der Waals surface area contributed by atoms with Gasteiger partial charge in [-0.15, -0.1) is 0 Å². The molecule has 0 heterocycles. The van der Waals surface area contributed by atoms with Crippen LogP contribution in [0.3, 0.4) is 0 Å². The van der Waals surface area contributed by atoms with Crippen molar-refractivity contribution in [3.8, 4) is 11.1 Å². The highest BCUT2D eigenvalue weighted by atomic mass is 19.4. The zero-order valence-corrected chi connectivity index (χ0v) is 12.5. The zero-order valence-electron chi connectivity index (χ0n) is 12.5. The maximum Gasteiger partial charge on any atom is 0.416 e. The third-order valence-corrected chi connectivity index (χ3v) is 3.62. The summed E-state index contributed by atoms with van der Waals surface area (Å²) >= 11 is 0. The molecule has 2 aromatic carbocycles. The van der Waals surface area contributed by atoms with Crippen LogP contribution in [-0.4, -0.2) is 6.18 Å². The second-order valence-electron chi connectivity index (χ2n) is 5.46. The van der Waals surface area contributed by atoms with Gasteiger partial charge in [-0.05, 0) is 35.2 Å². The third kappa shape index (κ3) is 4.99. The van der Waals surface area contributed by atoms with E-state index in [-0.39, 0.29) is 6.42 Å². The molecule has 0 fully saturated rings. The van der Waals surface area contributed by atoms with E-state index in [1.807, 2.05) is 0 Å². The van der Waals surface area contributed by atoms with Gasteiger partial charge in [0.05, 0.1) is 5.56 Å². The molecule has 24 heavy (non-hydrogen) atoms. The van der Waals surface area contributed by atoms with E-state index in [9.17, 15) is 26.3 Å². The number of rotatable bonds is 4. The maximum absolute atomic E-state index is 12.5. The van der Waals surface area contributed by atoms with Gasteiger partial charge in [0.25, 0.3) is 0 Å². The minimum absolute atomic E-state index is 0.219. The van der Waals surface area contributed by atoms with Gasteiger partial charge < -0.3 is 5.73 Å². The molecule has 1 nitrogen and oxygen atoms in total. The molecule has 0 aliphatic heterocycles. The predicted octanol–water partition coefficient (Wildman–Crippen LogP) is 5.71. The van der Waals surface area contributed by atoms with E-state index in [0.29, 0.717) is 16.7 Å². The van der Waals surface area contributed by atoms with Crippen LogP contribution in [-0.2, 0) is 6.18 Å². The molecular weight excluding hydrogens is 332 g/mol. The van der Waals surface area contributed by atoms with Gasteiger partial charge in [0, 0.05) is 12.5 Å². The van der Waals surface area contributed by atoms with E-state index in [1.54, 1.807) is 24.3 Å². The lowest BCUT2D eigenvalue weighted by atomic mass is 9.98. The lowest BCUT2D eigenvalue weighted by Gasteiger charge is -2.14. The van der Waals surface area contributed by atoms with E-state index in [0.717, 1.165) is 12.1 Å². The first-order valence-electron chi connectivity index (χ1n) is 7.16. The summed E-state index contributed by atoms with van der Waals surface area (Å²) in [6, 6.07) is 10.4. The standard InChI is InChI=1S/C17H15F6N/c18-16(19,20)10-9-15(24)13-3-1-11(2-4-13)12-5-7-14(8-6-12)17(21,22)23/h1-8,15H,9-10,24H2/t15-/m1/s1. The minimum atomic E-state index is -4.40. The minimum Gasteiger partial charge on any atom is -0.324 e. The lowest BCUT2D eigenvalue weighted by molar-refractivity contribution is -0.138. The summed E-state index contributed by atoms with van der Waals surface area (Å²) in [6.45, 7) is 0. The number of benzene rings is 2. The van der Waals surface area contributed by atoms with E-state index >= 15 is 0 Å². The summed E-state index contributed by atoms with van der Waals surface area (Å²) in [5, 5.41) is 0. The molecule has 2 N–H and O–H groups in total. The van der Waals surface area contributed by atoms with E-state index in [1.165, 1.54) is 12.1 Å². The largest absolute Gasteiger partial charge is 0.416 e. The number of alkyl halides is 6. The Kier molecular flexibility index (Phi) is 5.22. The third-order valence-electron chi connectivity index (χ3n) is 3.62. The molecular formula is C17H15F6N. The van der Waals surface area contributed by atoms with Crippen LogP contribution < -0.4 is 5.73 Å². The van der Waals surface area contributed by atoms with E-state index < -0.39 is 30.4 Å². The summed E-state index contributed by atoms with van der Waals surface area (Å²) in [6.07, 6.45) is -9.83. The molecule has 0 amide bonds. The molecule has 2 aromatic rings. The van der Waals surface area contributed by atoms with Crippen molar-refractivity contribution in [1.29, 1.82) is 0 Å². The van der Waals surface area contributed by atoms with Gasteiger partial charge >= 0.3 is 12.4 Å². The van der Waals surface area contributed by atoms with Crippen LogP contribution in [0.5, 0.6) is 0 Å². The van der Waals surface area contributed by atoms with Gasteiger partial charge in [0.1, 0.15) is 0 Å². The van der Waals surface area contributed by atoms with Crippen molar-refractivity contribution in [1.82, 2.24) is 0 Å². The Morgan fingerprint density at radius 2 is 1.21 bits per heavy atom. The monoisotopic (exact) mass is 347 g/mol. The summed E-state index contributed by atoms with van der Waals surface area (Å²) in [5.41, 5.74) is 6.79. The molecule has 2 rings (SSSR count). The zero-order chi connectivity index (χ0) is 18.0. The second-order valence-corrected chi connectivity index (χ2v) is 5.46. The highest BCUT2D eigenvalue weighted by Gasteiger charge is 2.30. The van der Waals surface area contributed by atoms with Crippen LogP contribution in [0.4, 0.5) is 26.3 Å². The quantitative estimate of drug-likeness (QED) is 0.704. The Morgan fingerprint density at radius 1 is 0.750 bits per heavy atom. The molecule has 0 radical (unpaired) electrons. The van der Waals surface area contributed by atoms with Crippen LogP contribution in [0.2, 0.25) is 0 Å². The Labute approximate surface area is 135 Å². The van der Waals surface area contributed by atoms with Gasteiger partial charge in [-0.1, -0.05) is 36.4 Å². The smallest absolute Gasteiger partial charge is 0.324 e. The van der Waals surface area contributed by atoms with Gasteiger partial charge in [-0.25, -0.2) is 0 Å². The Hall–Kier alpha value is -2.02. The van der Waals surface area contributed by atoms with Crippen LogP contribution in [0, 0.1) is 0 Å². The highest BCUT2D eigenvalue weighted by molar-refractivity contribution is 5.64. The van der Waals surface area contributed by atoms with Crippen LogP contribution >= 0.6 is 0 Å². The van der Waals surface area contributed by atoms with E-state index in [4.69, 9.17) is 5.73 Å². The SMILES string of the molecule is N[C@H](CCC(F)(F)F)c1ccc(-c2ccc(C(F)(F)F)cc2)cc1. The van der Waals surface area contributed by atoms with Crippen molar-refractivity contribution in [2.75, 3.05) is 0 Å². The molecule has 0 aromatic heterocycles. The summed E-state index contributed by atoms with van der Waals surface area (Å²) in [4.78, 5) is 0. The van der Waals surface area contributed by atoms with Crippen LogP contribution in [0.25, 0.3) is 11.1 Å². The molecule has 0 saturated carbocycles. The van der Waals surface area contributed by atoms with Gasteiger partial charge in [-0.2, -0.15) is 26.3 Å². The van der Waals surface area contributed by atoms with Crippen molar-refractivity contribution in [2.45, 2.75) is 31.2 Å². The number of halogens is 6. The predicted molar refractivity (Wildman–Crippen MR) is 79.1 cm³/mol. The molecule has 1 atom stereocenters. The van der Waals surface area contributed by atoms with Crippen molar-refractivity contribution < 1.29 is 26.3 Å². The highest BCUT2D eigenvalue weighted by Crippen LogP contribution is 2.31. The van der Waals surface area contributed by atoms with Gasteiger partial charge in [-0.3, -0.25) is 0 Å². The molecule has 130 valence electrons. The first-order valence-corrected chi connectivity index (χ1v) is 7.16. The normalized spacial score (nSPS) is 13.8. The van der Waals surface area contributed by atoms with Gasteiger partial charge in [0.15, 0.2) is 0 Å². The molecule has 7 heteroatoms. The average molecular weight is 347 g/mol. The molecule has 0 aliphatic carbocycles. The first-order chi connectivity index (χ1) is 11.1. The van der Waals surface area contributed by atoms with Crippen LogP contribution in [0.15, 0.2) is 48.5 Å². The second kappa shape index (κ2) is 6.84. The van der Waals surface area contributed by atoms with Crippen molar-refractivity contribution in [3.05, 3.63) is 59.7 Å². The summed E-state index contributed by atoms with van der Waals surface area (Å²) in [5.74, 6) is 0. The fourth-order valence-corrected chi connectivity index (χ4v) is 2.26. The molecule has 0 bridgehead atoms. The summed E-state index contributed by atoms with van der Waals surface area (Å²) < 4.78 is 74.2. The summed E-state index contributed by atoms with van der Waals surface area (Å²) in [7, 11) is 0. The topological polar surface area (TPSA) is 26.0 Å². The number of hydrogen-bond donors (Lipinski definition) is 1. The molecule has 0 unspecified atom stereocenters. The number of hydrogen-bond acceptors (Lipinski definition) is 1. The van der Waals surface area contributed by atoms with Crippen LogP contribution in [0.1, 0.15) is 30.0 Å². The average Bonchev–Trinajstić information content (AvgIpc) is 2.51. The molecule has 0 saturated heterocycles. The van der Waals surface area contributed by atoms with E-state index in [2.05, 4.69) is 0 Å². The lowest BCUT2D eigenvalue weighted by Crippen LogP contribution is -2.15. The molecule has 0 aliphatic rings. The fourth-order valence-electron chi connectivity index (χ4n) is 2.26.